The highest BCUT2D eigenvalue weighted by molar-refractivity contribution is 7.89. The molecule has 0 aliphatic carbocycles. The molecule has 28 heavy (non-hydrogen) atoms. The third-order valence-electron chi connectivity index (χ3n) is 4.09. The van der Waals surface area contributed by atoms with E-state index < -0.39 is 27.4 Å². The Labute approximate surface area is 168 Å². The molecule has 1 N–H and O–H groups in total. The summed E-state index contributed by atoms with van der Waals surface area (Å²) in [6.07, 6.45) is 0. The van der Waals surface area contributed by atoms with Gasteiger partial charge >= 0.3 is 0 Å². The molecule has 0 aromatic heterocycles. The third kappa shape index (κ3) is 5.28. The van der Waals surface area contributed by atoms with Crippen LogP contribution in [-0.2, 0) is 21.4 Å². The van der Waals surface area contributed by atoms with Crippen molar-refractivity contribution in [2.45, 2.75) is 25.3 Å². The standard InChI is InChI=1S/C18H20ClN3O5S/c1-3-21(12-18(23)20-11-14-5-7-15(19)8-6-14)28(26,27)16-9-4-13(2)17(10-16)22(24)25/h4-10H,3,11-12H2,1-2H3,(H,20,23). The topological polar surface area (TPSA) is 110 Å². The fourth-order valence-electron chi connectivity index (χ4n) is 2.48. The summed E-state index contributed by atoms with van der Waals surface area (Å²) in [5.41, 5.74) is 0.884. The zero-order chi connectivity index (χ0) is 20.9. The first-order valence-electron chi connectivity index (χ1n) is 8.41. The first kappa shape index (κ1) is 21.8. The maximum Gasteiger partial charge on any atom is 0.273 e. The lowest BCUT2D eigenvalue weighted by molar-refractivity contribution is -0.385. The fraction of sp³-hybridized carbons (Fsp3) is 0.278. The van der Waals surface area contributed by atoms with Crippen LogP contribution in [0.25, 0.3) is 0 Å². The summed E-state index contributed by atoms with van der Waals surface area (Å²) in [6, 6.07) is 10.6. The van der Waals surface area contributed by atoms with Crippen molar-refractivity contribution in [3.63, 3.8) is 0 Å². The molecule has 2 rings (SSSR count). The largest absolute Gasteiger partial charge is 0.351 e. The van der Waals surface area contributed by atoms with Crippen molar-refractivity contribution in [1.82, 2.24) is 9.62 Å². The average Bonchev–Trinajstić information content (AvgIpc) is 2.65. The molecule has 0 saturated carbocycles. The number of amides is 1. The van der Waals surface area contributed by atoms with Crippen LogP contribution in [0.4, 0.5) is 5.69 Å². The fourth-order valence-corrected chi connectivity index (χ4v) is 4.03. The quantitative estimate of drug-likeness (QED) is 0.516. The Morgan fingerprint density at radius 1 is 1.21 bits per heavy atom. The van der Waals surface area contributed by atoms with Gasteiger partial charge in [-0.2, -0.15) is 4.31 Å². The Bertz CT molecular complexity index is 977. The number of halogens is 1. The van der Waals surface area contributed by atoms with Gasteiger partial charge in [-0.25, -0.2) is 8.42 Å². The predicted octanol–water partition coefficient (Wildman–Crippen LogP) is 2.88. The Balaban J connectivity index is 2.12. The highest BCUT2D eigenvalue weighted by Crippen LogP contribution is 2.24. The van der Waals surface area contributed by atoms with Crippen molar-refractivity contribution < 1.29 is 18.1 Å². The van der Waals surface area contributed by atoms with E-state index in [1.165, 1.54) is 19.1 Å². The summed E-state index contributed by atoms with van der Waals surface area (Å²) in [4.78, 5) is 22.4. The van der Waals surface area contributed by atoms with Crippen LogP contribution in [0.2, 0.25) is 5.02 Å². The van der Waals surface area contributed by atoms with Gasteiger partial charge < -0.3 is 5.32 Å². The smallest absolute Gasteiger partial charge is 0.273 e. The molecule has 1 amide bonds. The number of nitrogens with one attached hydrogen (secondary N) is 1. The van der Waals surface area contributed by atoms with Gasteiger partial charge in [-0.3, -0.25) is 14.9 Å². The van der Waals surface area contributed by atoms with Crippen LogP contribution in [0.1, 0.15) is 18.1 Å². The highest BCUT2D eigenvalue weighted by atomic mass is 35.5. The lowest BCUT2D eigenvalue weighted by Gasteiger charge is -2.20. The molecular weight excluding hydrogens is 406 g/mol. The number of benzene rings is 2. The van der Waals surface area contributed by atoms with E-state index >= 15 is 0 Å². The maximum atomic E-state index is 12.8. The van der Waals surface area contributed by atoms with Gasteiger partial charge in [0.1, 0.15) is 0 Å². The number of carbonyl (C=O) groups is 1. The van der Waals surface area contributed by atoms with Crippen LogP contribution < -0.4 is 5.32 Å². The molecule has 0 atom stereocenters. The molecule has 0 spiro atoms. The summed E-state index contributed by atoms with van der Waals surface area (Å²) in [5, 5.41) is 14.3. The number of hydrogen-bond acceptors (Lipinski definition) is 5. The molecule has 0 aliphatic rings. The van der Waals surface area contributed by atoms with Crippen LogP contribution >= 0.6 is 11.6 Å². The minimum absolute atomic E-state index is 0.0401. The normalized spacial score (nSPS) is 11.4. The Kier molecular flexibility index (Phi) is 7.11. The molecular formula is C18H20ClN3O5S. The number of carbonyl (C=O) groups excluding carboxylic acids is 1. The van der Waals surface area contributed by atoms with Gasteiger partial charge in [-0.05, 0) is 30.7 Å². The number of nitro groups is 1. The second kappa shape index (κ2) is 9.13. The van der Waals surface area contributed by atoms with E-state index in [-0.39, 0.29) is 23.7 Å². The van der Waals surface area contributed by atoms with E-state index in [0.717, 1.165) is 15.9 Å². The molecule has 0 fully saturated rings. The molecule has 8 nitrogen and oxygen atoms in total. The number of hydrogen-bond donors (Lipinski definition) is 1. The zero-order valence-electron chi connectivity index (χ0n) is 15.4. The van der Waals surface area contributed by atoms with Crippen LogP contribution in [0, 0.1) is 17.0 Å². The van der Waals surface area contributed by atoms with Crippen LogP contribution in [-0.4, -0.2) is 36.6 Å². The first-order valence-corrected chi connectivity index (χ1v) is 10.2. The molecule has 0 bridgehead atoms. The van der Waals surface area contributed by atoms with Crippen LogP contribution in [0.15, 0.2) is 47.4 Å². The van der Waals surface area contributed by atoms with Gasteiger partial charge in [0.15, 0.2) is 0 Å². The first-order chi connectivity index (χ1) is 13.1. The molecule has 0 unspecified atom stereocenters. The molecule has 2 aromatic carbocycles. The van der Waals surface area contributed by atoms with E-state index in [9.17, 15) is 23.3 Å². The minimum atomic E-state index is -4.06. The Hall–Kier alpha value is -2.49. The second-order valence-corrected chi connectivity index (χ2v) is 8.41. The lowest BCUT2D eigenvalue weighted by atomic mass is 10.2. The molecule has 0 radical (unpaired) electrons. The Morgan fingerprint density at radius 2 is 1.86 bits per heavy atom. The van der Waals surface area contributed by atoms with Gasteiger partial charge in [0.2, 0.25) is 15.9 Å². The summed E-state index contributed by atoms with van der Waals surface area (Å²) in [7, 11) is -4.06. The second-order valence-electron chi connectivity index (χ2n) is 6.04. The van der Waals surface area contributed by atoms with E-state index in [1.807, 2.05) is 0 Å². The number of nitrogens with zero attached hydrogens (tertiary/aromatic N) is 2. The third-order valence-corrected chi connectivity index (χ3v) is 6.26. The van der Waals surface area contributed by atoms with Crippen molar-refractivity contribution in [2.24, 2.45) is 0 Å². The van der Waals surface area contributed by atoms with Crippen LogP contribution in [0.3, 0.4) is 0 Å². The zero-order valence-corrected chi connectivity index (χ0v) is 17.0. The highest BCUT2D eigenvalue weighted by Gasteiger charge is 2.27. The van der Waals surface area contributed by atoms with E-state index in [4.69, 9.17) is 11.6 Å². The molecule has 10 heteroatoms. The van der Waals surface area contributed by atoms with Crippen molar-refractivity contribution in [1.29, 1.82) is 0 Å². The lowest BCUT2D eigenvalue weighted by Crippen LogP contribution is -2.40. The number of nitro benzene ring substituents is 1. The van der Waals surface area contributed by atoms with Crippen LogP contribution in [0.5, 0.6) is 0 Å². The van der Waals surface area contributed by atoms with Gasteiger partial charge in [0, 0.05) is 29.7 Å². The number of sulfonamides is 1. The minimum Gasteiger partial charge on any atom is -0.351 e. The van der Waals surface area contributed by atoms with E-state index in [2.05, 4.69) is 5.32 Å². The van der Waals surface area contributed by atoms with Gasteiger partial charge in [0.25, 0.3) is 5.69 Å². The molecule has 0 saturated heterocycles. The summed E-state index contributed by atoms with van der Waals surface area (Å²) >= 11 is 5.81. The van der Waals surface area contributed by atoms with Gasteiger partial charge in [-0.15, -0.1) is 0 Å². The van der Waals surface area contributed by atoms with Crippen molar-refractivity contribution in [3.8, 4) is 0 Å². The van der Waals surface area contributed by atoms with Gasteiger partial charge in [-0.1, -0.05) is 36.7 Å². The van der Waals surface area contributed by atoms with Gasteiger partial charge in [0.05, 0.1) is 16.4 Å². The molecule has 0 aliphatic heterocycles. The summed E-state index contributed by atoms with van der Waals surface area (Å²) in [6.45, 7) is 2.99. The maximum absolute atomic E-state index is 12.8. The molecule has 0 heterocycles. The van der Waals surface area contributed by atoms with Crippen molar-refractivity contribution in [2.75, 3.05) is 13.1 Å². The average molecular weight is 426 g/mol. The van der Waals surface area contributed by atoms with E-state index in [0.29, 0.717) is 10.6 Å². The van der Waals surface area contributed by atoms with Crippen molar-refractivity contribution in [3.05, 3.63) is 68.7 Å². The summed E-state index contributed by atoms with van der Waals surface area (Å²) < 4.78 is 26.6. The predicted molar refractivity (Wildman–Crippen MR) is 106 cm³/mol. The number of likely N-dealkylation sites (N-methyl/N-ethyl adjacent to an activating group) is 1. The van der Waals surface area contributed by atoms with Crippen molar-refractivity contribution >= 4 is 33.2 Å². The monoisotopic (exact) mass is 425 g/mol. The number of aryl methyl sites for hydroxylation is 1. The summed E-state index contributed by atoms with van der Waals surface area (Å²) in [5.74, 6) is -0.484. The molecule has 150 valence electrons. The SMILES string of the molecule is CCN(CC(=O)NCc1ccc(Cl)cc1)S(=O)(=O)c1ccc(C)c([N+](=O)[O-])c1. The van der Waals surface area contributed by atoms with E-state index in [1.54, 1.807) is 31.2 Å². The molecule has 2 aromatic rings. The number of rotatable bonds is 8. The Morgan fingerprint density at radius 3 is 2.43 bits per heavy atom.